The molecule has 5 nitrogen and oxygen atoms in total. The summed E-state index contributed by atoms with van der Waals surface area (Å²) in [7, 11) is 0. The van der Waals surface area contributed by atoms with Crippen molar-refractivity contribution in [2.75, 3.05) is 32.7 Å². The summed E-state index contributed by atoms with van der Waals surface area (Å²) in [6.07, 6.45) is 1.87. The molecule has 24 heavy (non-hydrogen) atoms. The van der Waals surface area contributed by atoms with Crippen molar-refractivity contribution in [2.24, 2.45) is 0 Å². The number of carbonyl (C=O) groups excluding carboxylic acids is 2. The predicted octanol–water partition coefficient (Wildman–Crippen LogP) is 2.38. The van der Waals surface area contributed by atoms with E-state index in [0.29, 0.717) is 17.7 Å². The summed E-state index contributed by atoms with van der Waals surface area (Å²) in [6, 6.07) is 7.33. The fraction of sp³-hybridized carbons (Fsp3) is 0.579. The van der Waals surface area contributed by atoms with E-state index in [1.807, 2.05) is 22.8 Å². The molecule has 0 radical (unpaired) electrons. The van der Waals surface area contributed by atoms with E-state index in [1.165, 1.54) is 0 Å². The fourth-order valence-electron chi connectivity index (χ4n) is 3.13. The lowest BCUT2D eigenvalue weighted by atomic mass is 10.1. The number of carbonyl (C=O) groups is 2. The van der Waals surface area contributed by atoms with Crippen LogP contribution in [-0.2, 0) is 0 Å². The summed E-state index contributed by atoms with van der Waals surface area (Å²) in [4.78, 5) is 29.3. The molecule has 0 aromatic heterocycles. The molecule has 1 atom stereocenters. The van der Waals surface area contributed by atoms with E-state index >= 15 is 0 Å². The van der Waals surface area contributed by atoms with E-state index in [1.54, 1.807) is 18.2 Å². The Morgan fingerprint density at radius 3 is 2.50 bits per heavy atom. The van der Waals surface area contributed by atoms with Crippen LogP contribution >= 0.6 is 0 Å². The third kappa shape index (κ3) is 4.35. The minimum Gasteiger partial charge on any atom is -0.339 e. The van der Waals surface area contributed by atoms with E-state index in [0.717, 1.165) is 39.0 Å². The van der Waals surface area contributed by atoms with Gasteiger partial charge in [-0.2, -0.15) is 0 Å². The molecule has 1 aromatic carbocycles. The second kappa shape index (κ2) is 8.83. The first-order valence-electron chi connectivity index (χ1n) is 8.99. The van der Waals surface area contributed by atoms with Gasteiger partial charge in [0.25, 0.3) is 11.8 Å². The van der Waals surface area contributed by atoms with Crippen LogP contribution < -0.4 is 5.32 Å². The first-order chi connectivity index (χ1) is 11.6. The van der Waals surface area contributed by atoms with Crippen molar-refractivity contribution >= 4 is 11.8 Å². The minimum atomic E-state index is 0.0104. The van der Waals surface area contributed by atoms with Gasteiger partial charge < -0.3 is 15.1 Å². The number of nitrogens with one attached hydrogen (secondary N) is 1. The van der Waals surface area contributed by atoms with Crippen LogP contribution in [0.15, 0.2) is 24.3 Å². The molecule has 0 spiro atoms. The molecule has 2 rings (SSSR count). The van der Waals surface area contributed by atoms with Gasteiger partial charge in [-0.15, -0.1) is 0 Å². The largest absolute Gasteiger partial charge is 0.339 e. The maximum absolute atomic E-state index is 12.8. The lowest BCUT2D eigenvalue weighted by molar-refractivity contribution is 0.0655. The Bertz CT molecular complexity index is 567. The molecule has 1 saturated heterocycles. The molecule has 5 heteroatoms. The smallest absolute Gasteiger partial charge is 0.254 e. The molecule has 1 fully saturated rings. The zero-order valence-electron chi connectivity index (χ0n) is 15.0. The number of amides is 2. The number of benzene rings is 1. The average molecular weight is 331 g/mol. The topological polar surface area (TPSA) is 52.7 Å². The quantitative estimate of drug-likeness (QED) is 0.871. The van der Waals surface area contributed by atoms with Gasteiger partial charge in [0, 0.05) is 49.9 Å². The molecule has 1 aliphatic heterocycles. The van der Waals surface area contributed by atoms with Crippen molar-refractivity contribution in [1.29, 1.82) is 0 Å². The molecule has 0 aliphatic carbocycles. The maximum atomic E-state index is 12.8. The minimum absolute atomic E-state index is 0.0104. The molecular weight excluding hydrogens is 302 g/mol. The van der Waals surface area contributed by atoms with Gasteiger partial charge in [0.2, 0.25) is 0 Å². The van der Waals surface area contributed by atoms with Crippen LogP contribution in [0.4, 0.5) is 0 Å². The molecule has 0 bridgehead atoms. The predicted molar refractivity (Wildman–Crippen MR) is 96.3 cm³/mol. The van der Waals surface area contributed by atoms with Crippen LogP contribution in [0.1, 0.15) is 54.3 Å². The van der Waals surface area contributed by atoms with E-state index < -0.39 is 0 Å². The highest BCUT2D eigenvalue weighted by atomic mass is 16.2. The van der Waals surface area contributed by atoms with Crippen molar-refractivity contribution in [2.45, 2.75) is 39.7 Å². The van der Waals surface area contributed by atoms with Gasteiger partial charge in [-0.1, -0.05) is 19.9 Å². The summed E-state index contributed by atoms with van der Waals surface area (Å²) < 4.78 is 0. The monoisotopic (exact) mass is 331 g/mol. The molecule has 2 amide bonds. The summed E-state index contributed by atoms with van der Waals surface area (Å²) in [5.74, 6) is 0.0258. The zero-order chi connectivity index (χ0) is 17.5. The Balaban J connectivity index is 2.18. The van der Waals surface area contributed by atoms with Crippen LogP contribution in [-0.4, -0.2) is 60.4 Å². The molecule has 132 valence electrons. The second-order valence-corrected chi connectivity index (χ2v) is 6.42. The maximum Gasteiger partial charge on any atom is 0.254 e. The Hall–Kier alpha value is -1.88. The van der Waals surface area contributed by atoms with Gasteiger partial charge in [0.1, 0.15) is 0 Å². The molecular formula is C19H29N3O2. The Labute approximate surface area is 145 Å². The van der Waals surface area contributed by atoms with Gasteiger partial charge in [-0.3, -0.25) is 9.59 Å². The third-order valence-corrected chi connectivity index (χ3v) is 4.39. The summed E-state index contributed by atoms with van der Waals surface area (Å²) in [6.45, 7) is 10.0. The van der Waals surface area contributed by atoms with Crippen LogP contribution in [0, 0.1) is 0 Å². The molecule has 1 N–H and O–H groups in total. The fourth-order valence-corrected chi connectivity index (χ4v) is 3.13. The zero-order valence-corrected chi connectivity index (χ0v) is 15.0. The summed E-state index contributed by atoms with van der Waals surface area (Å²) >= 11 is 0. The Morgan fingerprint density at radius 1 is 1.21 bits per heavy atom. The van der Waals surface area contributed by atoms with Crippen molar-refractivity contribution in [3.63, 3.8) is 0 Å². The molecule has 1 aliphatic rings. The van der Waals surface area contributed by atoms with Crippen molar-refractivity contribution < 1.29 is 9.59 Å². The Kier molecular flexibility index (Phi) is 6.79. The van der Waals surface area contributed by atoms with Gasteiger partial charge >= 0.3 is 0 Å². The normalized spacial score (nSPS) is 17.6. The van der Waals surface area contributed by atoms with Crippen LogP contribution in [0.2, 0.25) is 0 Å². The number of hydrogen-bond acceptors (Lipinski definition) is 3. The van der Waals surface area contributed by atoms with Gasteiger partial charge in [-0.05, 0) is 38.0 Å². The van der Waals surface area contributed by atoms with Crippen LogP contribution in [0.25, 0.3) is 0 Å². The van der Waals surface area contributed by atoms with Gasteiger partial charge in [-0.25, -0.2) is 0 Å². The molecule has 0 saturated carbocycles. The van der Waals surface area contributed by atoms with E-state index in [2.05, 4.69) is 19.2 Å². The van der Waals surface area contributed by atoms with Gasteiger partial charge in [0.05, 0.1) is 0 Å². The number of piperazine rings is 1. The van der Waals surface area contributed by atoms with Gasteiger partial charge in [0.15, 0.2) is 0 Å². The van der Waals surface area contributed by atoms with Crippen LogP contribution in [0.3, 0.4) is 0 Å². The SMILES string of the molecule is CCCN(CCC)C(=O)c1cccc(C(=O)N2CCNC[C@@H]2C)c1. The Morgan fingerprint density at radius 2 is 1.88 bits per heavy atom. The molecule has 0 unspecified atom stereocenters. The molecule has 1 aromatic rings. The van der Waals surface area contributed by atoms with Crippen LogP contribution in [0.5, 0.6) is 0 Å². The summed E-state index contributed by atoms with van der Waals surface area (Å²) in [5.41, 5.74) is 1.20. The third-order valence-electron chi connectivity index (χ3n) is 4.39. The highest BCUT2D eigenvalue weighted by Gasteiger charge is 2.25. The number of rotatable bonds is 6. The van der Waals surface area contributed by atoms with E-state index in [4.69, 9.17) is 0 Å². The van der Waals surface area contributed by atoms with Crippen molar-refractivity contribution in [1.82, 2.24) is 15.1 Å². The lowest BCUT2D eigenvalue weighted by Crippen LogP contribution is -2.52. The summed E-state index contributed by atoms with van der Waals surface area (Å²) in [5, 5.41) is 3.29. The first kappa shape index (κ1) is 18.5. The highest BCUT2D eigenvalue weighted by molar-refractivity contribution is 5.99. The average Bonchev–Trinajstić information content (AvgIpc) is 2.61. The number of hydrogen-bond donors (Lipinski definition) is 1. The van der Waals surface area contributed by atoms with E-state index in [-0.39, 0.29) is 17.9 Å². The van der Waals surface area contributed by atoms with Crippen molar-refractivity contribution in [3.05, 3.63) is 35.4 Å². The second-order valence-electron chi connectivity index (χ2n) is 6.42. The standard InChI is InChI=1S/C19H29N3O2/c1-4-10-21(11-5-2)18(23)16-7-6-8-17(13-16)19(24)22-12-9-20-14-15(22)3/h6-8,13,15,20H,4-5,9-12,14H2,1-3H3/t15-/m0/s1. The first-order valence-corrected chi connectivity index (χ1v) is 8.99. The highest BCUT2D eigenvalue weighted by Crippen LogP contribution is 2.14. The molecule has 1 heterocycles. The van der Waals surface area contributed by atoms with E-state index in [9.17, 15) is 9.59 Å². The number of nitrogens with zero attached hydrogens (tertiary/aromatic N) is 2. The lowest BCUT2D eigenvalue weighted by Gasteiger charge is -2.34. The van der Waals surface area contributed by atoms with Crippen molar-refractivity contribution in [3.8, 4) is 0 Å².